The average molecular weight is 337 g/mol. The normalized spacial score (nSPS) is 24.2. The number of nitrogens with zero attached hydrogens (tertiary/aromatic N) is 3. The molecule has 0 amide bonds. The summed E-state index contributed by atoms with van der Waals surface area (Å²) in [6.45, 7) is 1.45. The first-order valence-electron chi connectivity index (χ1n) is 8.61. The lowest BCUT2D eigenvalue weighted by Crippen LogP contribution is -2.59. The fourth-order valence-corrected chi connectivity index (χ4v) is 3.90. The summed E-state index contributed by atoms with van der Waals surface area (Å²) < 4.78 is 5.51. The van der Waals surface area contributed by atoms with Crippen LogP contribution in [0.25, 0.3) is 11.0 Å². The third-order valence-corrected chi connectivity index (χ3v) is 5.26. The molecule has 1 fully saturated rings. The number of piperidine rings is 1. The summed E-state index contributed by atoms with van der Waals surface area (Å²) in [6, 6.07) is 13.8. The monoisotopic (exact) mass is 337 g/mol. The van der Waals surface area contributed by atoms with Crippen molar-refractivity contribution in [2.24, 2.45) is 0 Å². The Bertz CT molecular complexity index is 862. The zero-order valence-electron chi connectivity index (χ0n) is 14.6. The van der Waals surface area contributed by atoms with E-state index in [9.17, 15) is 5.11 Å². The van der Waals surface area contributed by atoms with Crippen molar-refractivity contribution in [3.8, 4) is 0 Å². The number of aliphatic hydroxyl groups is 1. The van der Waals surface area contributed by atoms with Gasteiger partial charge in [0.2, 0.25) is 0 Å². The van der Waals surface area contributed by atoms with E-state index in [1.54, 1.807) is 12.5 Å². The van der Waals surface area contributed by atoms with Gasteiger partial charge in [0.25, 0.3) is 0 Å². The quantitative estimate of drug-likeness (QED) is 0.796. The van der Waals surface area contributed by atoms with Crippen LogP contribution in [-0.4, -0.2) is 48.2 Å². The molecule has 0 unspecified atom stereocenters. The molecule has 1 N–H and O–H groups in total. The maximum absolute atomic E-state index is 11.5. The van der Waals surface area contributed by atoms with E-state index >= 15 is 0 Å². The van der Waals surface area contributed by atoms with Gasteiger partial charge in [-0.05, 0) is 38.2 Å². The number of furan rings is 1. The first-order chi connectivity index (χ1) is 12.1. The van der Waals surface area contributed by atoms with Crippen LogP contribution < -0.4 is 4.90 Å². The van der Waals surface area contributed by atoms with Crippen LogP contribution in [-0.2, 0) is 5.60 Å². The lowest BCUT2D eigenvalue weighted by molar-refractivity contribution is -0.0527. The highest BCUT2D eigenvalue weighted by Gasteiger charge is 2.44. The average Bonchev–Trinajstić information content (AvgIpc) is 3.11. The van der Waals surface area contributed by atoms with E-state index in [2.05, 4.69) is 14.8 Å². The van der Waals surface area contributed by atoms with Gasteiger partial charge in [-0.2, -0.15) is 0 Å². The van der Waals surface area contributed by atoms with Gasteiger partial charge >= 0.3 is 0 Å². The Hall–Kier alpha value is -2.37. The molecule has 0 saturated carbocycles. The summed E-state index contributed by atoms with van der Waals surface area (Å²) in [5, 5.41) is 12.5. The van der Waals surface area contributed by atoms with Crippen LogP contribution in [0.3, 0.4) is 0 Å². The van der Waals surface area contributed by atoms with E-state index < -0.39 is 5.60 Å². The van der Waals surface area contributed by atoms with Crippen molar-refractivity contribution in [2.45, 2.75) is 18.1 Å². The molecule has 0 aliphatic carbocycles. The molecule has 0 radical (unpaired) electrons. The first kappa shape index (κ1) is 16.1. The topological polar surface area (TPSA) is 52.7 Å². The van der Waals surface area contributed by atoms with E-state index in [0.29, 0.717) is 13.0 Å². The van der Waals surface area contributed by atoms with Gasteiger partial charge < -0.3 is 19.3 Å². The number of hydrogen-bond donors (Lipinski definition) is 1. The van der Waals surface area contributed by atoms with Crippen molar-refractivity contribution >= 4 is 16.8 Å². The molecule has 0 bridgehead atoms. The molecule has 130 valence electrons. The van der Waals surface area contributed by atoms with E-state index in [-0.39, 0.29) is 6.04 Å². The van der Waals surface area contributed by atoms with Crippen LogP contribution in [0.4, 0.5) is 5.82 Å². The molecule has 0 spiro atoms. The number of fused-ring (bicyclic) bond motifs is 1. The second-order valence-corrected chi connectivity index (χ2v) is 6.93. The fourth-order valence-electron chi connectivity index (χ4n) is 3.90. The maximum atomic E-state index is 11.5. The molecule has 2 atom stereocenters. The summed E-state index contributed by atoms with van der Waals surface area (Å²) >= 11 is 0. The second-order valence-electron chi connectivity index (χ2n) is 6.93. The minimum Gasteiger partial charge on any atom is -0.464 e. The van der Waals surface area contributed by atoms with Crippen LogP contribution in [0.1, 0.15) is 12.0 Å². The zero-order valence-corrected chi connectivity index (χ0v) is 14.6. The predicted molar refractivity (Wildman–Crippen MR) is 98.7 cm³/mol. The molecule has 25 heavy (non-hydrogen) atoms. The number of benzene rings is 1. The Morgan fingerprint density at radius 3 is 2.76 bits per heavy atom. The lowest BCUT2D eigenvalue weighted by atomic mass is 9.80. The SMILES string of the molecule is CN(C)[C@@H]1CN(c2nccc3occc23)CC[C@]1(O)c1ccccc1. The van der Waals surface area contributed by atoms with Gasteiger partial charge in [0.1, 0.15) is 17.0 Å². The largest absolute Gasteiger partial charge is 0.464 e. The summed E-state index contributed by atoms with van der Waals surface area (Å²) in [4.78, 5) is 8.94. The van der Waals surface area contributed by atoms with Crippen molar-refractivity contribution in [2.75, 3.05) is 32.1 Å². The molecular formula is C20H23N3O2. The van der Waals surface area contributed by atoms with E-state index in [4.69, 9.17) is 4.42 Å². The molecule has 1 aromatic carbocycles. The highest BCUT2D eigenvalue weighted by molar-refractivity contribution is 5.88. The maximum Gasteiger partial charge on any atom is 0.139 e. The molecule has 5 heteroatoms. The number of likely N-dealkylation sites (N-methyl/N-ethyl adjacent to an activating group) is 1. The molecule has 1 saturated heterocycles. The summed E-state index contributed by atoms with van der Waals surface area (Å²) in [7, 11) is 4.04. The minimum absolute atomic E-state index is 0.0346. The van der Waals surface area contributed by atoms with Crippen molar-refractivity contribution < 1.29 is 9.52 Å². The molecule has 2 aromatic heterocycles. The smallest absolute Gasteiger partial charge is 0.139 e. The van der Waals surface area contributed by atoms with Gasteiger partial charge in [0.15, 0.2) is 0 Å². The molecule has 3 aromatic rings. The molecule has 4 rings (SSSR count). The molecule has 5 nitrogen and oxygen atoms in total. The Morgan fingerprint density at radius 1 is 1.20 bits per heavy atom. The second kappa shape index (κ2) is 6.17. The Labute approximate surface area is 147 Å². The predicted octanol–water partition coefficient (Wildman–Crippen LogP) is 2.86. The van der Waals surface area contributed by atoms with E-state index in [1.165, 1.54) is 0 Å². The zero-order chi connectivity index (χ0) is 17.4. The third kappa shape index (κ3) is 2.69. The molecule has 1 aliphatic rings. The molecule has 1 aliphatic heterocycles. The summed E-state index contributed by atoms with van der Waals surface area (Å²) in [5.41, 5.74) is 0.948. The Kier molecular flexibility index (Phi) is 3.98. The Balaban J connectivity index is 1.69. The minimum atomic E-state index is -0.869. The number of aromatic nitrogens is 1. The number of anilines is 1. The van der Waals surface area contributed by atoms with Crippen LogP contribution >= 0.6 is 0 Å². The third-order valence-electron chi connectivity index (χ3n) is 5.26. The fraction of sp³-hybridized carbons (Fsp3) is 0.350. The van der Waals surface area contributed by atoms with Crippen LogP contribution in [0.15, 0.2) is 59.3 Å². The van der Waals surface area contributed by atoms with Crippen molar-refractivity contribution in [3.63, 3.8) is 0 Å². The highest BCUT2D eigenvalue weighted by atomic mass is 16.3. The van der Waals surface area contributed by atoms with Crippen LogP contribution in [0.2, 0.25) is 0 Å². The van der Waals surface area contributed by atoms with Crippen LogP contribution in [0, 0.1) is 0 Å². The summed E-state index contributed by atoms with van der Waals surface area (Å²) in [5.74, 6) is 0.924. The van der Waals surface area contributed by atoms with Gasteiger partial charge in [0, 0.05) is 19.3 Å². The molecular weight excluding hydrogens is 314 g/mol. The highest BCUT2D eigenvalue weighted by Crippen LogP contribution is 2.37. The molecule has 3 heterocycles. The van der Waals surface area contributed by atoms with E-state index in [0.717, 1.165) is 28.9 Å². The standard InChI is InChI=1S/C20H23N3O2/c1-22(2)18-14-23(19-16-9-13-25-17(16)8-11-21-19)12-10-20(18,24)15-6-4-3-5-7-15/h3-9,11,13,18,24H,10,12,14H2,1-2H3/t18-,20+/m1/s1. The Morgan fingerprint density at radius 2 is 2.00 bits per heavy atom. The van der Waals surface area contributed by atoms with Gasteiger partial charge in [-0.15, -0.1) is 0 Å². The van der Waals surface area contributed by atoms with E-state index in [1.807, 2.05) is 56.6 Å². The van der Waals surface area contributed by atoms with Gasteiger partial charge in [0.05, 0.1) is 17.7 Å². The van der Waals surface area contributed by atoms with Crippen molar-refractivity contribution in [3.05, 3.63) is 60.5 Å². The lowest BCUT2D eigenvalue weighted by Gasteiger charge is -2.48. The number of rotatable bonds is 3. The van der Waals surface area contributed by atoms with Crippen LogP contribution in [0.5, 0.6) is 0 Å². The van der Waals surface area contributed by atoms with Gasteiger partial charge in [-0.1, -0.05) is 30.3 Å². The van der Waals surface area contributed by atoms with Crippen molar-refractivity contribution in [1.29, 1.82) is 0 Å². The van der Waals surface area contributed by atoms with Gasteiger partial charge in [-0.25, -0.2) is 4.98 Å². The first-order valence-corrected chi connectivity index (χ1v) is 8.61. The van der Waals surface area contributed by atoms with Crippen molar-refractivity contribution in [1.82, 2.24) is 9.88 Å². The summed E-state index contributed by atoms with van der Waals surface area (Å²) in [6.07, 6.45) is 4.13. The number of hydrogen-bond acceptors (Lipinski definition) is 5. The van der Waals surface area contributed by atoms with Gasteiger partial charge in [-0.3, -0.25) is 0 Å². The number of pyridine rings is 1.